The van der Waals surface area contributed by atoms with Crippen molar-refractivity contribution in [2.24, 2.45) is 0 Å². The van der Waals surface area contributed by atoms with Crippen molar-refractivity contribution in [2.75, 3.05) is 7.11 Å². The van der Waals surface area contributed by atoms with E-state index in [-0.39, 0.29) is 5.97 Å². The van der Waals surface area contributed by atoms with Gasteiger partial charge in [-0.05, 0) is 57.2 Å². The molecule has 0 N–H and O–H groups in total. The second-order valence-corrected chi connectivity index (χ2v) is 10.0. The van der Waals surface area contributed by atoms with Crippen molar-refractivity contribution in [2.45, 2.75) is 137 Å². The first-order chi connectivity index (χ1) is 16.4. The molecule has 0 fully saturated rings. The molecule has 0 saturated heterocycles. The number of rotatable bonds is 19. The molecule has 194 valence electrons. The molecule has 0 aliphatic rings. The van der Waals surface area contributed by atoms with Gasteiger partial charge in [-0.3, -0.25) is 4.79 Å². The number of carbonyl (C=O) groups is 1. The second kappa shape index (κ2) is 18.5. The van der Waals surface area contributed by atoms with E-state index in [1.807, 2.05) is 19.9 Å². The molecule has 0 amide bonds. The van der Waals surface area contributed by atoms with Crippen LogP contribution in [0.1, 0.15) is 134 Å². The second-order valence-electron chi connectivity index (χ2n) is 10.0. The normalized spacial score (nSPS) is 11.6. The Morgan fingerprint density at radius 2 is 1.29 bits per heavy atom. The summed E-state index contributed by atoms with van der Waals surface area (Å²) in [5.41, 5.74) is 4.41. The first-order valence-electron chi connectivity index (χ1n) is 13.9. The van der Waals surface area contributed by atoms with E-state index in [0.717, 1.165) is 35.3 Å². The Balaban J connectivity index is 2.26. The fourth-order valence-electron chi connectivity index (χ4n) is 4.56. The standard InChI is InChI=1S/C31H52O3/c1-7-8-9-10-11-12-13-14-15-16-17-18-19-20-21-25(2)22-23-29-24-30(33-6)26(3)27(4)31(29)34-28(5)32/h22,24H,7-21,23H2,1-6H3. The highest BCUT2D eigenvalue weighted by molar-refractivity contribution is 5.71. The predicted octanol–water partition coefficient (Wildman–Crippen LogP) is 9.60. The average molecular weight is 473 g/mol. The number of esters is 1. The molecule has 0 bridgehead atoms. The van der Waals surface area contributed by atoms with Gasteiger partial charge in [-0.25, -0.2) is 0 Å². The molecule has 0 saturated carbocycles. The van der Waals surface area contributed by atoms with Crippen LogP contribution in [0.2, 0.25) is 0 Å². The fraction of sp³-hybridized carbons (Fsp3) is 0.710. The van der Waals surface area contributed by atoms with E-state index < -0.39 is 0 Å². The monoisotopic (exact) mass is 472 g/mol. The van der Waals surface area contributed by atoms with Crippen LogP contribution in [0.25, 0.3) is 0 Å². The Kier molecular flexibility index (Phi) is 16.5. The number of benzene rings is 1. The minimum atomic E-state index is -0.281. The van der Waals surface area contributed by atoms with E-state index in [2.05, 4.69) is 19.9 Å². The lowest BCUT2D eigenvalue weighted by atomic mass is 9.99. The third kappa shape index (κ3) is 12.6. The summed E-state index contributed by atoms with van der Waals surface area (Å²) in [6.45, 7) is 9.95. The third-order valence-corrected chi connectivity index (χ3v) is 6.93. The lowest BCUT2D eigenvalue weighted by Crippen LogP contribution is -2.07. The van der Waals surface area contributed by atoms with Gasteiger partial charge in [0.1, 0.15) is 11.5 Å². The molecule has 0 aliphatic carbocycles. The van der Waals surface area contributed by atoms with Crippen LogP contribution < -0.4 is 9.47 Å². The summed E-state index contributed by atoms with van der Waals surface area (Å²) in [6, 6.07) is 2.01. The number of hydrogen-bond donors (Lipinski definition) is 0. The van der Waals surface area contributed by atoms with Crippen molar-refractivity contribution in [3.63, 3.8) is 0 Å². The molecule has 0 radical (unpaired) electrons. The van der Waals surface area contributed by atoms with E-state index in [4.69, 9.17) is 9.47 Å². The minimum absolute atomic E-state index is 0.281. The Bertz CT molecular complexity index is 733. The Labute approximate surface area is 210 Å². The molecular formula is C31H52O3. The van der Waals surface area contributed by atoms with Crippen molar-refractivity contribution in [3.05, 3.63) is 34.4 Å². The maximum absolute atomic E-state index is 11.6. The van der Waals surface area contributed by atoms with Crippen LogP contribution in [0.3, 0.4) is 0 Å². The van der Waals surface area contributed by atoms with Gasteiger partial charge < -0.3 is 9.47 Å². The molecule has 1 aromatic rings. The third-order valence-electron chi connectivity index (χ3n) is 6.93. The summed E-state index contributed by atoms with van der Waals surface area (Å²) in [4.78, 5) is 11.6. The molecule has 0 spiro atoms. The van der Waals surface area contributed by atoms with Crippen LogP contribution >= 0.6 is 0 Å². The molecule has 0 heterocycles. The zero-order valence-corrected chi connectivity index (χ0v) is 23.2. The van der Waals surface area contributed by atoms with Crippen molar-refractivity contribution in [3.8, 4) is 11.5 Å². The number of unbranched alkanes of at least 4 members (excludes halogenated alkanes) is 13. The van der Waals surface area contributed by atoms with Crippen LogP contribution in [0.5, 0.6) is 11.5 Å². The molecule has 0 aliphatic heterocycles. The van der Waals surface area contributed by atoms with E-state index in [1.165, 1.54) is 102 Å². The van der Waals surface area contributed by atoms with Gasteiger partial charge in [-0.15, -0.1) is 0 Å². The molecule has 1 rings (SSSR count). The van der Waals surface area contributed by atoms with Crippen molar-refractivity contribution < 1.29 is 14.3 Å². The SMILES string of the molecule is CCCCCCCCCCCCCCCCC(C)=CCc1cc(OC)c(C)c(C)c1OC(C)=O. The Morgan fingerprint density at radius 1 is 0.794 bits per heavy atom. The van der Waals surface area contributed by atoms with Gasteiger partial charge in [0.05, 0.1) is 7.11 Å². The molecular weight excluding hydrogens is 420 g/mol. The van der Waals surface area contributed by atoms with Crippen LogP contribution in [0.15, 0.2) is 17.7 Å². The number of carbonyl (C=O) groups excluding carboxylic acids is 1. The van der Waals surface area contributed by atoms with E-state index in [9.17, 15) is 4.79 Å². The molecule has 3 heteroatoms. The van der Waals surface area contributed by atoms with Gasteiger partial charge in [0.15, 0.2) is 0 Å². The van der Waals surface area contributed by atoms with Crippen molar-refractivity contribution >= 4 is 5.97 Å². The molecule has 0 unspecified atom stereocenters. The van der Waals surface area contributed by atoms with Gasteiger partial charge in [0.2, 0.25) is 0 Å². The van der Waals surface area contributed by atoms with Crippen LogP contribution in [0, 0.1) is 13.8 Å². The van der Waals surface area contributed by atoms with Crippen molar-refractivity contribution in [1.82, 2.24) is 0 Å². The average Bonchev–Trinajstić information content (AvgIpc) is 2.81. The van der Waals surface area contributed by atoms with Crippen molar-refractivity contribution in [1.29, 1.82) is 0 Å². The summed E-state index contributed by atoms with van der Waals surface area (Å²) >= 11 is 0. The molecule has 0 aromatic heterocycles. The van der Waals surface area contributed by atoms with Gasteiger partial charge in [0.25, 0.3) is 0 Å². The molecule has 1 aromatic carbocycles. The lowest BCUT2D eigenvalue weighted by molar-refractivity contribution is -0.132. The number of hydrogen-bond acceptors (Lipinski definition) is 3. The number of allylic oxidation sites excluding steroid dienone is 2. The largest absolute Gasteiger partial charge is 0.496 e. The lowest BCUT2D eigenvalue weighted by Gasteiger charge is -2.16. The topological polar surface area (TPSA) is 35.5 Å². The summed E-state index contributed by atoms with van der Waals surface area (Å²) in [5.74, 6) is 1.25. The summed E-state index contributed by atoms with van der Waals surface area (Å²) in [6.07, 6.45) is 23.7. The highest BCUT2D eigenvalue weighted by Gasteiger charge is 2.15. The highest BCUT2D eigenvalue weighted by atomic mass is 16.5. The van der Waals surface area contributed by atoms with Gasteiger partial charge >= 0.3 is 5.97 Å². The quantitative estimate of drug-likeness (QED) is 0.0870. The molecule has 34 heavy (non-hydrogen) atoms. The first kappa shape index (κ1) is 30.3. The summed E-state index contributed by atoms with van der Waals surface area (Å²) < 4.78 is 11.1. The number of ether oxygens (including phenoxy) is 2. The highest BCUT2D eigenvalue weighted by Crippen LogP contribution is 2.34. The summed E-state index contributed by atoms with van der Waals surface area (Å²) in [7, 11) is 1.69. The fourth-order valence-corrected chi connectivity index (χ4v) is 4.56. The summed E-state index contributed by atoms with van der Waals surface area (Å²) in [5, 5.41) is 0. The number of methoxy groups -OCH3 is 1. The molecule has 0 atom stereocenters. The van der Waals surface area contributed by atoms with E-state index in [1.54, 1.807) is 7.11 Å². The Hall–Kier alpha value is -1.77. The van der Waals surface area contributed by atoms with Crippen LogP contribution in [-0.4, -0.2) is 13.1 Å². The zero-order chi connectivity index (χ0) is 25.2. The maximum atomic E-state index is 11.6. The maximum Gasteiger partial charge on any atom is 0.308 e. The van der Waals surface area contributed by atoms with Crippen LogP contribution in [0.4, 0.5) is 0 Å². The zero-order valence-electron chi connectivity index (χ0n) is 23.2. The Morgan fingerprint density at radius 3 is 1.76 bits per heavy atom. The van der Waals surface area contributed by atoms with E-state index >= 15 is 0 Å². The minimum Gasteiger partial charge on any atom is -0.496 e. The van der Waals surface area contributed by atoms with E-state index in [0.29, 0.717) is 5.75 Å². The smallest absolute Gasteiger partial charge is 0.308 e. The van der Waals surface area contributed by atoms with Crippen LogP contribution in [-0.2, 0) is 11.2 Å². The van der Waals surface area contributed by atoms with Gasteiger partial charge in [0, 0.05) is 12.5 Å². The van der Waals surface area contributed by atoms with Gasteiger partial charge in [-0.2, -0.15) is 0 Å². The first-order valence-corrected chi connectivity index (χ1v) is 13.9. The van der Waals surface area contributed by atoms with Gasteiger partial charge in [-0.1, -0.05) is 102 Å². The predicted molar refractivity (Wildman–Crippen MR) is 146 cm³/mol. The molecule has 3 nitrogen and oxygen atoms in total.